The fourth-order valence-electron chi connectivity index (χ4n) is 2.23. The number of aryl methyl sites for hydroxylation is 1. The van der Waals surface area contributed by atoms with E-state index in [1.807, 2.05) is 24.3 Å². The molecule has 0 saturated carbocycles. The number of nitrogens with one attached hydrogen (secondary N) is 1. The Balaban J connectivity index is 1.58. The normalized spacial score (nSPS) is 10.9. The molecule has 0 aromatic heterocycles. The van der Waals surface area contributed by atoms with E-state index in [2.05, 4.69) is 41.7 Å². The van der Waals surface area contributed by atoms with Crippen molar-refractivity contribution in [2.45, 2.75) is 16.7 Å². The monoisotopic (exact) mass is 414 g/mol. The number of amides is 1. The second kappa shape index (κ2) is 9.09. The van der Waals surface area contributed by atoms with Crippen molar-refractivity contribution in [1.29, 1.82) is 0 Å². The molecule has 0 unspecified atom stereocenters. The van der Waals surface area contributed by atoms with Crippen LogP contribution < -0.4 is 5.43 Å². The van der Waals surface area contributed by atoms with E-state index in [0.717, 1.165) is 10.5 Å². The molecule has 0 fully saturated rings. The lowest BCUT2D eigenvalue weighted by molar-refractivity contribution is 0.0955. The second-order valence-electron chi connectivity index (χ2n) is 5.81. The molecular formula is C21H16Cl2N2OS. The SMILES string of the molecule is Cc1ccc(Sc2ccc(/C=N\NC(=O)c3ccc(Cl)c(Cl)c3)cc2)cc1. The summed E-state index contributed by atoms with van der Waals surface area (Å²) in [6, 6.07) is 21.0. The van der Waals surface area contributed by atoms with E-state index in [9.17, 15) is 4.79 Å². The smallest absolute Gasteiger partial charge is 0.267 e. The summed E-state index contributed by atoms with van der Waals surface area (Å²) in [6.07, 6.45) is 1.59. The lowest BCUT2D eigenvalue weighted by Crippen LogP contribution is -2.17. The molecule has 1 amide bonds. The average molecular weight is 415 g/mol. The predicted molar refractivity (Wildman–Crippen MR) is 113 cm³/mol. The molecule has 6 heteroatoms. The van der Waals surface area contributed by atoms with Crippen LogP contribution in [0.2, 0.25) is 10.0 Å². The van der Waals surface area contributed by atoms with E-state index in [4.69, 9.17) is 23.2 Å². The van der Waals surface area contributed by atoms with E-state index in [-0.39, 0.29) is 5.91 Å². The van der Waals surface area contributed by atoms with Crippen molar-refractivity contribution >= 4 is 47.1 Å². The van der Waals surface area contributed by atoms with Crippen LogP contribution in [0.4, 0.5) is 0 Å². The number of benzene rings is 3. The number of rotatable bonds is 5. The molecule has 0 aliphatic heterocycles. The van der Waals surface area contributed by atoms with E-state index < -0.39 is 0 Å². The third kappa shape index (κ3) is 5.60. The first kappa shape index (κ1) is 19.5. The van der Waals surface area contributed by atoms with Gasteiger partial charge in [-0.05, 0) is 55.0 Å². The summed E-state index contributed by atoms with van der Waals surface area (Å²) >= 11 is 13.5. The zero-order valence-electron chi connectivity index (χ0n) is 14.4. The lowest BCUT2D eigenvalue weighted by Gasteiger charge is -2.03. The highest BCUT2D eigenvalue weighted by atomic mass is 35.5. The third-order valence-corrected chi connectivity index (χ3v) is 5.45. The van der Waals surface area contributed by atoms with Crippen LogP contribution in [0.3, 0.4) is 0 Å². The highest BCUT2D eigenvalue weighted by Crippen LogP contribution is 2.27. The van der Waals surface area contributed by atoms with Crippen molar-refractivity contribution < 1.29 is 4.79 Å². The minimum atomic E-state index is -0.351. The first-order valence-corrected chi connectivity index (χ1v) is 9.71. The van der Waals surface area contributed by atoms with Gasteiger partial charge in [0.15, 0.2) is 0 Å². The zero-order chi connectivity index (χ0) is 19.2. The Bertz CT molecular complexity index is 970. The fourth-order valence-corrected chi connectivity index (χ4v) is 3.35. The van der Waals surface area contributed by atoms with E-state index in [1.54, 1.807) is 30.1 Å². The van der Waals surface area contributed by atoms with Crippen molar-refractivity contribution in [2.75, 3.05) is 0 Å². The number of hydrogen-bond donors (Lipinski definition) is 1. The molecule has 136 valence electrons. The van der Waals surface area contributed by atoms with Gasteiger partial charge in [-0.3, -0.25) is 4.79 Å². The van der Waals surface area contributed by atoms with Gasteiger partial charge in [-0.15, -0.1) is 0 Å². The lowest BCUT2D eigenvalue weighted by atomic mass is 10.2. The Labute approximate surface area is 172 Å². The van der Waals surface area contributed by atoms with Crippen LogP contribution in [0.15, 0.2) is 81.6 Å². The number of carbonyl (C=O) groups excluding carboxylic acids is 1. The molecular weight excluding hydrogens is 399 g/mol. The van der Waals surface area contributed by atoms with Crippen molar-refractivity contribution in [1.82, 2.24) is 5.43 Å². The summed E-state index contributed by atoms with van der Waals surface area (Å²) in [6.45, 7) is 2.07. The summed E-state index contributed by atoms with van der Waals surface area (Å²) in [5.74, 6) is -0.351. The van der Waals surface area contributed by atoms with Gasteiger partial charge in [0.1, 0.15) is 0 Å². The number of halogens is 2. The second-order valence-corrected chi connectivity index (χ2v) is 7.77. The molecule has 0 bridgehead atoms. The molecule has 0 saturated heterocycles. The van der Waals surface area contributed by atoms with Crippen LogP contribution in [0.5, 0.6) is 0 Å². The topological polar surface area (TPSA) is 41.5 Å². The zero-order valence-corrected chi connectivity index (χ0v) is 16.8. The minimum Gasteiger partial charge on any atom is -0.267 e. The van der Waals surface area contributed by atoms with Crippen molar-refractivity contribution in [3.63, 3.8) is 0 Å². The first-order chi connectivity index (χ1) is 13.0. The molecule has 0 aliphatic rings. The number of carbonyl (C=O) groups is 1. The molecule has 0 radical (unpaired) electrons. The van der Waals surface area contributed by atoms with Gasteiger partial charge in [-0.25, -0.2) is 5.43 Å². The fraction of sp³-hybridized carbons (Fsp3) is 0.0476. The number of nitrogens with zero attached hydrogens (tertiary/aromatic N) is 1. The average Bonchev–Trinajstić information content (AvgIpc) is 2.67. The van der Waals surface area contributed by atoms with E-state index in [0.29, 0.717) is 15.6 Å². The Morgan fingerprint density at radius 1 is 0.926 bits per heavy atom. The van der Waals surface area contributed by atoms with Crippen molar-refractivity contribution in [2.24, 2.45) is 5.10 Å². The van der Waals surface area contributed by atoms with Crippen LogP contribution in [0, 0.1) is 6.92 Å². The third-order valence-electron chi connectivity index (χ3n) is 3.70. The van der Waals surface area contributed by atoms with Crippen molar-refractivity contribution in [3.8, 4) is 0 Å². The van der Waals surface area contributed by atoms with Gasteiger partial charge in [-0.1, -0.05) is 64.8 Å². The molecule has 1 N–H and O–H groups in total. The molecule has 3 nitrogen and oxygen atoms in total. The molecule has 0 spiro atoms. The van der Waals surface area contributed by atoms with Gasteiger partial charge in [-0.2, -0.15) is 5.10 Å². The Morgan fingerprint density at radius 3 is 2.19 bits per heavy atom. The van der Waals surface area contributed by atoms with Gasteiger partial charge in [0.2, 0.25) is 0 Å². The van der Waals surface area contributed by atoms with Crippen LogP contribution in [-0.2, 0) is 0 Å². The summed E-state index contributed by atoms with van der Waals surface area (Å²) in [5, 5.41) is 4.72. The van der Waals surface area contributed by atoms with E-state index in [1.165, 1.54) is 16.5 Å². The maximum absolute atomic E-state index is 12.0. The standard InChI is InChI=1S/C21H16Cl2N2OS/c1-14-2-7-17(8-3-14)27-18-9-4-15(5-10-18)13-24-25-21(26)16-6-11-19(22)20(23)12-16/h2-13H,1H3,(H,25,26)/b24-13-. The van der Waals surface area contributed by atoms with Crippen LogP contribution in [0.1, 0.15) is 21.5 Å². The molecule has 3 rings (SSSR count). The van der Waals surface area contributed by atoms with Crippen molar-refractivity contribution in [3.05, 3.63) is 93.5 Å². The van der Waals surface area contributed by atoms with Gasteiger partial charge in [0.25, 0.3) is 5.91 Å². The highest BCUT2D eigenvalue weighted by molar-refractivity contribution is 7.99. The van der Waals surface area contributed by atoms with Crippen LogP contribution >= 0.6 is 35.0 Å². The molecule has 0 heterocycles. The number of hydrazone groups is 1. The minimum absolute atomic E-state index is 0.329. The summed E-state index contributed by atoms with van der Waals surface area (Å²) in [5.41, 5.74) is 5.00. The Morgan fingerprint density at radius 2 is 1.56 bits per heavy atom. The summed E-state index contributed by atoms with van der Waals surface area (Å²) in [4.78, 5) is 14.4. The Hall–Kier alpha value is -2.27. The quantitative estimate of drug-likeness (QED) is 0.397. The van der Waals surface area contributed by atoms with Crippen LogP contribution in [0.25, 0.3) is 0 Å². The summed E-state index contributed by atoms with van der Waals surface area (Å²) < 4.78 is 0. The molecule has 3 aromatic carbocycles. The molecule has 27 heavy (non-hydrogen) atoms. The van der Waals surface area contributed by atoms with Crippen LogP contribution in [-0.4, -0.2) is 12.1 Å². The van der Waals surface area contributed by atoms with Gasteiger partial charge in [0, 0.05) is 15.4 Å². The predicted octanol–water partition coefficient (Wildman–Crippen LogP) is 6.22. The van der Waals surface area contributed by atoms with Gasteiger partial charge < -0.3 is 0 Å². The van der Waals surface area contributed by atoms with Gasteiger partial charge >= 0.3 is 0 Å². The summed E-state index contributed by atoms with van der Waals surface area (Å²) in [7, 11) is 0. The maximum atomic E-state index is 12.0. The number of hydrogen-bond acceptors (Lipinski definition) is 3. The van der Waals surface area contributed by atoms with Gasteiger partial charge in [0.05, 0.1) is 16.3 Å². The molecule has 3 aromatic rings. The highest BCUT2D eigenvalue weighted by Gasteiger charge is 2.06. The largest absolute Gasteiger partial charge is 0.271 e. The molecule has 0 aliphatic carbocycles. The first-order valence-electron chi connectivity index (χ1n) is 8.14. The Kier molecular flexibility index (Phi) is 6.56. The maximum Gasteiger partial charge on any atom is 0.271 e. The van der Waals surface area contributed by atoms with E-state index >= 15 is 0 Å². The molecule has 0 atom stereocenters.